The summed E-state index contributed by atoms with van der Waals surface area (Å²) in [5.74, 6) is 0.833. The number of hydrogen-bond donors (Lipinski definition) is 0. The maximum absolute atomic E-state index is 5.97. The third-order valence-corrected chi connectivity index (χ3v) is 3.64. The number of likely N-dealkylation sites (tertiary alicyclic amines) is 1. The van der Waals surface area contributed by atoms with Gasteiger partial charge in [-0.1, -0.05) is 11.6 Å². The molecule has 0 saturated carbocycles. The van der Waals surface area contributed by atoms with Crippen molar-refractivity contribution >= 4 is 11.6 Å². The van der Waals surface area contributed by atoms with Crippen molar-refractivity contribution in [2.45, 2.75) is 32.4 Å². The van der Waals surface area contributed by atoms with Crippen LogP contribution < -0.4 is 0 Å². The van der Waals surface area contributed by atoms with E-state index in [1.54, 1.807) is 6.07 Å². The van der Waals surface area contributed by atoms with Gasteiger partial charge >= 0.3 is 0 Å². The topological polar surface area (TPSA) is 32.3 Å². The highest BCUT2D eigenvalue weighted by atomic mass is 35.5. The van der Waals surface area contributed by atoms with E-state index in [-0.39, 0.29) is 0 Å². The second-order valence-corrected chi connectivity index (χ2v) is 5.63. The average Bonchev–Trinajstić information content (AvgIpc) is 2.27. The Kier molecular flexibility index (Phi) is 4.54. The number of likely N-dealkylation sites (N-methyl/N-ethyl adjacent to an activating group) is 1. The molecule has 1 fully saturated rings. The summed E-state index contributed by atoms with van der Waals surface area (Å²) in [5.41, 5.74) is 0.936. The fourth-order valence-electron chi connectivity index (χ4n) is 2.46. The molecule has 5 heteroatoms. The molecule has 0 aromatic carbocycles. The summed E-state index contributed by atoms with van der Waals surface area (Å²) >= 11 is 5.97. The van der Waals surface area contributed by atoms with E-state index in [2.05, 4.69) is 33.9 Å². The van der Waals surface area contributed by atoms with Crippen LogP contribution in [0.3, 0.4) is 0 Å². The first-order chi connectivity index (χ1) is 8.54. The average molecular weight is 269 g/mol. The smallest absolute Gasteiger partial charge is 0.144 e. The van der Waals surface area contributed by atoms with E-state index in [1.807, 2.05) is 6.92 Å². The van der Waals surface area contributed by atoms with Crippen LogP contribution in [-0.4, -0.2) is 53.0 Å². The Morgan fingerprint density at radius 2 is 2.22 bits per heavy atom. The first kappa shape index (κ1) is 13.7. The molecule has 0 aliphatic carbocycles. The van der Waals surface area contributed by atoms with E-state index in [4.69, 9.17) is 11.6 Å². The molecule has 1 atom stereocenters. The second kappa shape index (κ2) is 5.95. The van der Waals surface area contributed by atoms with Gasteiger partial charge in [-0.15, -0.1) is 0 Å². The summed E-state index contributed by atoms with van der Waals surface area (Å²) in [4.78, 5) is 13.5. The largest absolute Gasteiger partial charge is 0.305 e. The normalized spacial score (nSPS) is 21.5. The fraction of sp³-hybridized carbons (Fsp3) is 0.692. The molecule has 1 saturated heterocycles. The van der Waals surface area contributed by atoms with Crippen LogP contribution in [0, 0.1) is 6.92 Å². The second-order valence-electron chi connectivity index (χ2n) is 5.24. The molecule has 0 spiro atoms. The van der Waals surface area contributed by atoms with E-state index >= 15 is 0 Å². The van der Waals surface area contributed by atoms with Crippen LogP contribution in [0.5, 0.6) is 0 Å². The van der Waals surface area contributed by atoms with E-state index in [0.29, 0.717) is 11.2 Å². The minimum atomic E-state index is 0.540. The van der Waals surface area contributed by atoms with Crippen LogP contribution in [0.2, 0.25) is 5.15 Å². The molecule has 0 amide bonds. The summed E-state index contributed by atoms with van der Waals surface area (Å²) < 4.78 is 0. The van der Waals surface area contributed by atoms with Gasteiger partial charge in [0.2, 0.25) is 0 Å². The summed E-state index contributed by atoms with van der Waals surface area (Å²) in [6.45, 7) is 4.96. The van der Waals surface area contributed by atoms with Crippen molar-refractivity contribution in [2.75, 3.05) is 27.2 Å². The molecule has 0 N–H and O–H groups in total. The van der Waals surface area contributed by atoms with Crippen LogP contribution in [0.25, 0.3) is 0 Å². The van der Waals surface area contributed by atoms with E-state index in [0.717, 1.165) is 31.2 Å². The van der Waals surface area contributed by atoms with Crippen LogP contribution in [-0.2, 0) is 6.54 Å². The number of halogens is 1. The molecule has 0 radical (unpaired) electrons. The highest BCUT2D eigenvalue weighted by molar-refractivity contribution is 6.29. The van der Waals surface area contributed by atoms with Crippen LogP contribution >= 0.6 is 11.6 Å². The Morgan fingerprint density at radius 3 is 2.89 bits per heavy atom. The molecule has 1 aromatic heterocycles. The first-order valence-corrected chi connectivity index (χ1v) is 6.81. The minimum absolute atomic E-state index is 0.540. The maximum Gasteiger partial charge on any atom is 0.144 e. The lowest BCUT2D eigenvalue weighted by atomic mass is 10.1. The standard InChI is InChI=1S/C13H21ClN4/c1-10-7-12(14)16-13(15-10)9-18-6-4-5-11(8-18)17(2)3/h7,11H,4-6,8-9H2,1-3H3. The Morgan fingerprint density at radius 1 is 1.44 bits per heavy atom. The van der Waals surface area contributed by atoms with Crippen molar-refractivity contribution in [3.05, 3.63) is 22.7 Å². The van der Waals surface area contributed by atoms with E-state index in [1.165, 1.54) is 12.8 Å². The van der Waals surface area contributed by atoms with Crippen molar-refractivity contribution in [2.24, 2.45) is 0 Å². The fourth-order valence-corrected chi connectivity index (χ4v) is 2.71. The van der Waals surface area contributed by atoms with Gasteiger partial charge in [-0.05, 0) is 46.5 Å². The van der Waals surface area contributed by atoms with Gasteiger partial charge in [-0.25, -0.2) is 9.97 Å². The van der Waals surface area contributed by atoms with Crippen molar-refractivity contribution in [1.29, 1.82) is 0 Å². The zero-order chi connectivity index (χ0) is 13.1. The summed E-state index contributed by atoms with van der Waals surface area (Å²) in [6.07, 6.45) is 2.52. The lowest BCUT2D eigenvalue weighted by Crippen LogP contribution is -2.44. The molecule has 100 valence electrons. The third-order valence-electron chi connectivity index (χ3n) is 3.45. The minimum Gasteiger partial charge on any atom is -0.305 e. The van der Waals surface area contributed by atoms with Crippen LogP contribution in [0.4, 0.5) is 0 Å². The number of aromatic nitrogens is 2. The molecule has 1 aliphatic rings. The molecular weight excluding hydrogens is 248 g/mol. The van der Waals surface area contributed by atoms with Crippen LogP contribution in [0.15, 0.2) is 6.07 Å². The molecule has 1 aromatic rings. The number of rotatable bonds is 3. The van der Waals surface area contributed by atoms with Crippen molar-refractivity contribution < 1.29 is 0 Å². The highest BCUT2D eigenvalue weighted by Gasteiger charge is 2.21. The predicted molar refractivity (Wildman–Crippen MR) is 73.8 cm³/mol. The van der Waals surface area contributed by atoms with Gasteiger partial charge < -0.3 is 4.90 Å². The van der Waals surface area contributed by atoms with Crippen molar-refractivity contribution in [3.8, 4) is 0 Å². The van der Waals surface area contributed by atoms with Gasteiger partial charge in [0, 0.05) is 18.3 Å². The maximum atomic E-state index is 5.97. The van der Waals surface area contributed by atoms with Gasteiger partial charge in [0.15, 0.2) is 0 Å². The predicted octanol–water partition coefficient (Wildman–Crippen LogP) is 1.96. The summed E-state index contributed by atoms with van der Waals surface area (Å²) in [5, 5.41) is 0.540. The molecule has 2 rings (SSSR count). The van der Waals surface area contributed by atoms with Gasteiger partial charge in [0.1, 0.15) is 11.0 Å². The van der Waals surface area contributed by atoms with Crippen LogP contribution in [0.1, 0.15) is 24.4 Å². The van der Waals surface area contributed by atoms with E-state index < -0.39 is 0 Å². The Balaban J connectivity index is 2.00. The highest BCUT2D eigenvalue weighted by Crippen LogP contribution is 2.16. The van der Waals surface area contributed by atoms with E-state index in [9.17, 15) is 0 Å². The van der Waals surface area contributed by atoms with Crippen molar-refractivity contribution in [3.63, 3.8) is 0 Å². The number of nitrogens with zero attached hydrogens (tertiary/aromatic N) is 4. The van der Waals surface area contributed by atoms with Gasteiger partial charge in [-0.2, -0.15) is 0 Å². The monoisotopic (exact) mass is 268 g/mol. The molecule has 18 heavy (non-hydrogen) atoms. The lowest BCUT2D eigenvalue weighted by molar-refractivity contribution is 0.125. The Hall–Kier alpha value is -0.710. The van der Waals surface area contributed by atoms with Crippen molar-refractivity contribution in [1.82, 2.24) is 19.8 Å². The molecule has 1 aliphatic heterocycles. The lowest BCUT2D eigenvalue weighted by Gasteiger charge is -2.35. The van der Waals surface area contributed by atoms with Gasteiger partial charge in [0.25, 0.3) is 0 Å². The molecular formula is C13H21ClN4. The Labute approximate surface area is 114 Å². The van der Waals surface area contributed by atoms with Gasteiger partial charge in [0.05, 0.1) is 6.54 Å². The first-order valence-electron chi connectivity index (χ1n) is 6.43. The third kappa shape index (κ3) is 3.64. The number of hydrogen-bond acceptors (Lipinski definition) is 4. The molecule has 0 bridgehead atoms. The quantitative estimate of drug-likeness (QED) is 0.785. The zero-order valence-electron chi connectivity index (χ0n) is 11.4. The summed E-state index contributed by atoms with van der Waals surface area (Å²) in [6, 6.07) is 2.43. The number of piperidine rings is 1. The Bertz CT molecular complexity index is 388. The molecule has 4 nitrogen and oxygen atoms in total. The molecule has 2 heterocycles. The zero-order valence-corrected chi connectivity index (χ0v) is 12.1. The number of aryl methyl sites for hydroxylation is 1. The SMILES string of the molecule is Cc1cc(Cl)nc(CN2CCCC(N(C)C)C2)n1. The van der Waals surface area contributed by atoms with Gasteiger partial charge in [-0.3, -0.25) is 4.90 Å². The molecule has 1 unspecified atom stereocenters. The summed E-state index contributed by atoms with van der Waals surface area (Å²) in [7, 11) is 4.29.